The Labute approximate surface area is 357 Å². The van der Waals surface area contributed by atoms with E-state index in [1.165, 1.54) is 60.9 Å². The van der Waals surface area contributed by atoms with Gasteiger partial charge in [-0.3, -0.25) is 0 Å². The highest BCUT2D eigenvalue weighted by atomic mass is 16.5. The summed E-state index contributed by atoms with van der Waals surface area (Å²) in [4.78, 5) is 2.53. The summed E-state index contributed by atoms with van der Waals surface area (Å²) in [5.74, 6) is 1.10. The van der Waals surface area contributed by atoms with Gasteiger partial charge in [-0.25, -0.2) is 0 Å². The van der Waals surface area contributed by atoms with E-state index in [9.17, 15) is 0 Å². The van der Waals surface area contributed by atoms with Gasteiger partial charge in [0.05, 0.1) is 22.5 Å². The van der Waals surface area contributed by atoms with E-state index >= 15 is 0 Å². The molecule has 3 aliphatic rings. The average molecular weight is 780 g/mol. The number of hydrogen-bond donors (Lipinski definition) is 0. The predicted molar refractivity (Wildman–Crippen MR) is 252 cm³/mol. The molecule has 2 aliphatic carbocycles. The Kier molecular flexibility index (Phi) is 8.24. The quantitative estimate of drug-likeness (QED) is 0.160. The molecule has 0 bridgehead atoms. The average Bonchev–Trinajstić information content (AvgIpc) is 3.87. The summed E-state index contributed by atoms with van der Waals surface area (Å²) in [6, 6.07) is 79.8. The maximum atomic E-state index is 6.72. The Balaban J connectivity index is 1.12. The molecule has 1 heterocycles. The van der Waals surface area contributed by atoms with Crippen LogP contribution in [0.5, 0.6) is 5.75 Å². The lowest BCUT2D eigenvalue weighted by Crippen LogP contribution is -2.28. The molecule has 9 aromatic carbocycles. The maximum absolute atomic E-state index is 6.72. The monoisotopic (exact) mass is 779 g/mol. The van der Waals surface area contributed by atoms with Crippen LogP contribution >= 0.6 is 0 Å². The normalized spacial score (nSPS) is 16.5. The zero-order chi connectivity index (χ0) is 40.3. The van der Waals surface area contributed by atoms with Crippen LogP contribution < -0.4 is 9.64 Å². The molecule has 61 heavy (non-hydrogen) atoms. The third-order valence-corrected chi connectivity index (χ3v) is 13.1. The van der Waals surface area contributed by atoms with E-state index in [0.717, 1.165) is 33.9 Å². The molecule has 0 radical (unpaired) electrons. The van der Waals surface area contributed by atoms with Crippen LogP contribution in [0, 0.1) is 0 Å². The van der Waals surface area contributed by atoms with Gasteiger partial charge in [0.15, 0.2) is 0 Å². The highest BCUT2D eigenvalue weighted by Crippen LogP contribution is 2.60. The van der Waals surface area contributed by atoms with Crippen molar-refractivity contribution in [2.75, 3.05) is 4.90 Å². The SMILES string of the molecule is C1=CC2Oc3c(ccc4ccccc34)C2C=C1c1ccccc1N(c1ccccc1-c1ccccc1)c1cccc2c1-c1ccccc1C2(c1ccccc1)c1ccccc1. The molecular formula is C59H41NO. The fourth-order valence-corrected chi connectivity index (χ4v) is 10.5. The smallest absolute Gasteiger partial charge is 0.132 e. The van der Waals surface area contributed by atoms with Crippen molar-refractivity contribution in [2.24, 2.45) is 0 Å². The third-order valence-electron chi connectivity index (χ3n) is 13.1. The van der Waals surface area contributed by atoms with Crippen molar-refractivity contribution in [1.82, 2.24) is 0 Å². The summed E-state index contributed by atoms with van der Waals surface area (Å²) in [5, 5.41) is 2.37. The van der Waals surface area contributed by atoms with E-state index < -0.39 is 5.41 Å². The van der Waals surface area contributed by atoms with Crippen LogP contribution in [-0.4, -0.2) is 6.10 Å². The molecule has 0 saturated heterocycles. The van der Waals surface area contributed by atoms with E-state index in [4.69, 9.17) is 4.74 Å². The zero-order valence-corrected chi connectivity index (χ0v) is 33.5. The number of nitrogens with zero attached hydrogens (tertiary/aromatic N) is 1. The minimum Gasteiger partial charge on any atom is -0.484 e. The summed E-state index contributed by atoms with van der Waals surface area (Å²) in [7, 11) is 0. The number of rotatable bonds is 7. The highest BCUT2D eigenvalue weighted by molar-refractivity contribution is 6.02. The molecule has 2 atom stereocenters. The number of ether oxygens (including phenoxy) is 1. The standard InChI is InChI=1S/C59H41NO/c1-4-19-40(20-5-1)45-26-13-16-32-53(45)60(54-33-17-14-27-46(54)42-36-38-56-50(39-42)48-37-35-41-21-10-11-28-47(41)58(48)61-56)55-34-18-31-52-57(55)49-29-12-15-30-51(49)59(52,43-22-6-2-7-23-43)44-24-8-3-9-25-44/h1-39,50,56H. The summed E-state index contributed by atoms with van der Waals surface area (Å²) in [6.45, 7) is 0. The first-order chi connectivity index (χ1) is 30.3. The molecule has 1 aliphatic heterocycles. The lowest BCUT2D eigenvalue weighted by atomic mass is 9.68. The van der Waals surface area contributed by atoms with Gasteiger partial charge in [0.2, 0.25) is 0 Å². The minimum absolute atomic E-state index is 0.0513. The van der Waals surface area contributed by atoms with E-state index in [0.29, 0.717) is 0 Å². The molecule has 0 N–H and O–H groups in total. The molecule has 0 fully saturated rings. The fraction of sp³-hybridized carbons (Fsp3) is 0.0508. The van der Waals surface area contributed by atoms with Crippen LogP contribution in [0.3, 0.4) is 0 Å². The Hall–Kier alpha value is -7.68. The molecule has 0 aromatic heterocycles. The lowest BCUT2D eigenvalue weighted by Gasteiger charge is -2.35. The highest BCUT2D eigenvalue weighted by Gasteiger charge is 2.47. The van der Waals surface area contributed by atoms with Gasteiger partial charge in [0.1, 0.15) is 11.9 Å². The second kappa shape index (κ2) is 14.3. The molecule has 288 valence electrons. The Morgan fingerprint density at radius 3 is 1.77 bits per heavy atom. The van der Waals surface area contributed by atoms with Crippen LogP contribution in [-0.2, 0) is 5.41 Å². The zero-order valence-electron chi connectivity index (χ0n) is 33.5. The van der Waals surface area contributed by atoms with Crippen LogP contribution in [0.1, 0.15) is 39.3 Å². The maximum Gasteiger partial charge on any atom is 0.132 e. The van der Waals surface area contributed by atoms with Crippen LogP contribution in [0.4, 0.5) is 17.1 Å². The molecule has 0 spiro atoms. The van der Waals surface area contributed by atoms with Crippen LogP contribution in [0.2, 0.25) is 0 Å². The van der Waals surface area contributed by atoms with E-state index in [1.54, 1.807) is 0 Å². The Bertz CT molecular complexity index is 3140. The number of para-hydroxylation sites is 2. The molecular weight excluding hydrogens is 739 g/mol. The van der Waals surface area contributed by atoms with Gasteiger partial charge in [0.25, 0.3) is 0 Å². The fourth-order valence-electron chi connectivity index (χ4n) is 10.5. The third kappa shape index (κ3) is 5.42. The topological polar surface area (TPSA) is 12.5 Å². The Morgan fingerprint density at radius 2 is 1.02 bits per heavy atom. The Morgan fingerprint density at radius 1 is 0.443 bits per heavy atom. The molecule has 0 saturated carbocycles. The van der Waals surface area contributed by atoms with Crippen molar-refractivity contribution in [3.8, 4) is 28.0 Å². The van der Waals surface area contributed by atoms with Crippen molar-refractivity contribution in [1.29, 1.82) is 0 Å². The van der Waals surface area contributed by atoms with Gasteiger partial charge in [-0.2, -0.15) is 0 Å². The van der Waals surface area contributed by atoms with Gasteiger partial charge in [0, 0.05) is 33.6 Å². The molecule has 2 nitrogen and oxygen atoms in total. The summed E-state index contributed by atoms with van der Waals surface area (Å²) in [6.07, 6.45) is 6.92. The first kappa shape index (κ1) is 35.3. The molecule has 0 amide bonds. The van der Waals surface area contributed by atoms with E-state index in [-0.39, 0.29) is 12.0 Å². The minimum atomic E-state index is -0.529. The second-order valence-corrected chi connectivity index (χ2v) is 16.3. The summed E-state index contributed by atoms with van der Waals surface area (Å²) in [5.41, 5.74) is 16.3. The van der Waals surface area contributed by atoms with Crippen molar-refractivity contribution in [3.05, 3.63) is 270 Å². The summed E-state index contributed by atoms with van der Waals surface area (Å²) >= 11 is 0. The van der Waals surface area contributed by atoms with Crippen LogP contribution in [0.25, 0.3) is 38.6 Å². The van der Waals surface area contributed by atoms with Gasteiger partial charge < -0.3 is 9.64 Å². The number of hydrogen-bond acceptors (Lipinski definition) is 2. The van der Waals surface area contributed by atoms with Gasteiger partial charge >= 0.3 is 0 Å². The largest absolute Gasteiger partial charge is 0.484 e. The van der Waals surface area contributed by atoms with Crippen molar-refractivity contribution >= 4 is 33.4 Å². The predicted octanol–water partition coefficient (Wildman–Crippen LogP) is 14.8. The number of anilines is 3. The number of benzene rings is 9. The molecule has 2 unspecified atom stereocenters. The van der Waals surface area contributed by atoms with Crippen LogP contribution in [0.15, 0.2) is 237 Å². The first-order valence-electron chi connectivity index (χ1n) is 21.3. The van der Waals surface area contributed by atoms with Gasteiger partial charge in [-0.1, -0.05) is 212 Å². The molecule has 12 rings (SSSR count). The van der Waals surface area contributed by atoms with Crippen molar-refractivity contribution in [3.63, 3.8) is 0 Å². The molecule has 9 aromatic rings. The van der Waals surface area contributed by atoms with Crippen molar-refractivity contribution in [2.45, 2.75) is 17.4 Å². The van der Waals surface area contributed by atoms with E-state index in [1.807, 2.05) is 0 Å². The molecule has 2 heteroatoms. The summed E-state index contributed by atoms with van der Waals surface area (Å²) < 4.78 is 6.72. The van der Waals surface area contributed by atoms with E-state index in [2.05, 4.69) is 242 Å². The number of fused-ring (bicyclic) bond motifs is 8. The first-order valence-corrected chi connectivity index (χ1v) is 21.3. The second-order valence-electron chi connectivity index (χ2n) is 16.3. The van der Waals surface area contributed by atoms with Crippen molar-refractivity contribution < 1.29 is 4.74 Å². The van der Waals surface area contributed by atoms with Gasteiger partial charge in [-0.05, 0) is 68.6 Å². The lowest BCUT2D eigenvalue weighted by molar-refractivity contribution is 0.272. The number of allylic oxidation sites excluding steroid dienone is 2. The van der Waals surface area contributed by atoms with Gasteiger partial charge in [-0.15, -0.1) is 0 Å².